The summed E-state index contributed by atoms with van der Waals surface area (Å²) in [6.07, 6.45) is -7.76. The molecule has 0 amide bonds. The first-order valence-electron chi connectivity index (χ1n) is 8.61. The highest BCUT2D eigenvalue weighted by atomic mass is 32.2. The smallest absolute Gasteiger partial charge is 0.333 e. The fourth-order valence-corrected chi connectivity index (χ4v) is 2.62. The number of carbonyl (C=O) groups is 3. The third kappa shape index (κ3) is 7.31. The van der Waals surface area contributed by atoms with Crippen LogP contribution >= 0.6 is 0 Å². The van der Waals surface area contributed by atoms with Crippen molar-refractivity contribution >= 4 is 28.2 Å². The van der Waals surface area contributed by atoms with Crippen LogP contribution < -0.4 is 5.14 Å². The molecule has 0 radical (unpaired) electrons. The minimum atomic E-state index is -4.38. The zero-order valence-electron chi connectivity index (χ0n) is 15.7. The molecule has 1 aliphatic heterocycles. The van der Waals surface area contributed by atoms with Gasteiger partial charge in [-0.15, -0.1) is 0 Å². The molecule has 0 aromatic heterocycles. The third-order valence-corrected chi connectivity index (χ3v) is 4.14. The molecule has 0 bridgehead atoms. The summed E-state index contributed by atoms with van der Waals surface area (Å²) in [5, 5.41) is 15.0. The van der Waals surface area contributed by atoms with E-state index in [9.17, 15) is 27.9 Å². The average Bonchev–Trinajstić information content (AvgIpc) is 2.63. The molecule has 0 aromatic carbocycles. The molecule has 12 nitrogen and oxygen atoms in total. The summed E-state index contributed by atoms with van der Waals surface area (Å²) >= 11 is 0. The first kappa shape index (κ1) is 24.2. The van der Waals surface area contributed by atoms with Gasteiger partial charge >= 0.3 is 28.2 Å². The van der Waals surface area contributed by atoms with Crippen molar-refractivity contribution in [1.29, 1.82) is 0 Å². The largest absolute Gasteiger partial charge is 0.455 e. The van der Waals surface area contributed by atoms with Gasteiger partial charge in [0.2, 0.25) is 0 Å². The molecule has 0 saturated carbocycles. The highest BCUT2D eigenvalue weighted by Crippen LogP contribution is 2.28. The van der Waals surface area contributed by atoms with Crippen molar-refractivity contribution in [1.82, 2.24) is 0 Å². The Morgan fingerprint density at radius 2 is 1.32 bits per heavy atom. The van der Waals surface area contributed by atoms with Crippen LogP contribution in [0.4, 0.5) is 0 Å². The molecule has 0 spiro atoms. The Balaban J connectivity index is 3.23. The van der Waals surface area contributed by atoms with Crippen LogP contribution in [0, 0.1) is 0 Å². The lowest BCUT2D eigenvalue weighted by molar-refractivity contribution is -0.295. The lowest BCUT2D eigenvalue weighted by atomic mass is 9.98. The molecule has 1 rings (SSSR count). The predicted molar refractivity (Wildman–Crippen MR) is 90.5 cm³/mol. The van der Waals surface area contributed by atoms with E-state index in [4.69, 9.17) is 24.1 Å². The van der Waals surface area contributed by atoms with Crippen molar-refractivity contribution in [2.45, 2.75) is 70.7 Å². The second-order valence-electron chi connectivity index (χ2n) is 5.77. The van der Waals surface area contributed by atoms with E-state index in [1.54, 1.807) is 0 Å². The highest BCUT2D eigenvalue weighted by molar-refractivity contribution is 7.84. The Morgan fingerprint density at radius 1 is 0.893 bits per heavy atom. The third-order valence-electron chi connectivity index (χ3n) is 3.67. The second-order valence-corrected chi connectivity index (χ2v) is 6.99. The number of esters is 3. The minimum Gasteiger partial charge on any atom is -0.455 e. The molecule has 1 heterocycles. The zero-order valence-corrected chi connectivity index (χ0v) is 16.5. The Morgan fingerprint density at radius 3 is 1.75 bits per heavy atom. The molecule has 1 fully saturated rings. The van der Waals surface area contributed by atoms with Crippen molar-refractivity contribution in [3.05, 3.63) is 0 Å². The Labute approximate surface area is 162 Å². The first-order chi connectivity index (χ1) is 13.0. The second kappa shape index (κ2) is 10.7. The predicted octanol–water partition coefficient (Wildman–Crippen LogP) is -1.11. The van der Waals surface area contributed by atoms with Crippen LogP contribution in [-0.4, -0.2) is 68.7 Å². The van der Waals surface area contributed by atoms with E-state index in [1.807, 2.05) is 0 Å². The number of hydrogen-bond donors (Lipinski definition) is 2. The van der Waals surface area contributed by atoms with Gasteiger partial charge in [0.15, 0.2) is 24.6 Å². The maximum absolute atomic E-state index is 11.8. The quantitative estimate of drug-likeness (QED) is 0.337. The molecule has 0 aromatic rings. The van der Waals surface area contributed by atoms with Crippen molar-refractivity contribution in [3.8, 4) is 0 Å². The van der Waals surface area contributed by atoms with Crippen LogP contribution in [0.25, 0.3) is 0 Å². The summed E-state index contributed by atoms with van der Waals surface area (Å²) in [6.45, 7) is 3.76. The summed E-state index contributed by atoms with van der Waals surface area (Å²) in [5.41, 5.74) is 0. The molecular weight excluding hydrogens is 402 g/mol. The topological polar surface area (TPSA) is 178 Å². The van der Waals surface area contributed by atoms with E-state index in [2.05, 4.69) is 4.18 Å². The molecule has 162 valence electrons. The molecule has 0 aliphatic carbocycles. The maximum Gasteiger partial charge on any atom is 0.333 e. The van der Waals surface area contributed by atoms with Crippen molar-refractivity contribution in [3.63, 3.8) is 0 Å². The number of aliphatic hydroxyl groups excluding tert-OH is 1. The Kier molecular flexibility index (Phi) is 9.23. The van der Waals surface area contributed by atoms with Crippen LogP contribution in [0.2, 0.25) is 0 Å². The minimum absolute atomic E-state index is 0.0466. The summed E-state index contributed by atoms with van der Waals surface area (Å²) in [5.74, 6) is -2.20. The molecule has 1 saturated heterocycles. The lowest BCUT2D eigenvalue weighted by Crippen LogP contribution is -2.62. The SMILES string of the molecule is CCC(=O)O[C@@H]1[C@@H](OC(=O)CC)[C@H](O)O[C@H](COS(N)(=O)=O)[C@H]1OC(=O)CC. The maximum atomic E-state index is 11.8. The number of aliphatic hydroxyl groups is 1. The Bertz CT molecular complexity index is 665. The number of ether oxygens (including phenoxy) is 4. The van der Waals surface area contributed by atoms with Crippen molar-refractivity contribution in [2.24, 2.45) is 5.14 Å². The van der Waals surface area contributed by atoms with Gasteiger partial charge in [-0.2, -0.15) is 8.42 Å². The fourth-order valence-electron chi connectivity index (χ4n) is 2.30. The van der Waals surface area contributed by atoms with Gasteiger partial charge in [0.25, 0.3) is 0 Å². The van der Waals surface area contributed by atoms with Crippen molar-refractivity contribution < 1.29 is 51.0 Å². The number of hydrogen-bond acceptors (Lipinski definition) is 11. The summed E-state index contributed by atoms with van der Waals surface area (Å²) < 4.78 is 47.3. The van der Waals surface area contributed by atoms with E-state index in [1.165, 1.54) is 20.8 Å². The van der Waals surface area contributed by atoms with Crippen LogP contribution in [0.3, 0.4) is 0 Å². The number of rotatable bonds is 9. The van der Waals surface area contributed by atoms with Gasteiger partial charge in [0, 0.05) is 19.3 Å². The molecule has 5 atom stereocenters. The van der Waals surface area contributed by atoms with Crippen LogP contribution in [0.1, 0.15) is 40.0 Å². The molecule has 0 unspecified atom stereocenters. The van der Waals surface area contributed by atoms with Crippen LogP contribution in [0.5, 0.6) is 0 Å². The molecule has 13 heteroatoms. The zero-order chi connectivity index (χ0) is 21.5. The first-order valence-corrected chi connectivity index (χ1v) is 10.1. The normalized spacial score (nSPS) is 27.7. The standard InChI is InChI=1S/C15H25NO11S/c1-4-9(17)25-12-8(7-23-28(16,21)22)24-15(20)14(27-11(19)6-3)13(12)26-10(18)5-2/h8,12-15,20H,4-7H2,1-3H3,(H2,16,21,22)/t8-,12-,13+,14-,15-/m1/s1. The van der Waals surface area contributed by atoms with E-state index in [0.29, 0.717) is 0 Å². The van der Waals surface area contributed by atoms with Gasteiger partial charge < -0.3 is 24.1 Å². The van der Waals surface area contributed by atoms with E-state index < -0.39 is 65.5 Å². The van der Waals surface area contributed by atoms with Crippen molar-refractivity contribution in [2.75, 3.05) is 6.61 Å². The molecule has 1 aliphatic rings. The van der Waals surface area contributed by atoms with Crippen LogP contribution in [-0.2, 0) is 47.8 Å². The summed E-state index contributed by atoms with van der Waals surface area (Å²) in [6, 6.07) is 0. The van der Waals surface area contributed by atoms with Gasteiger partial charge in [0.1, 0.15) is 6.10 Å². The molecular formula is C15H25NO11S. The van der Waals surface area contributed by atoms with Crippen LogP contribution in [0.15, 0.2) is 0 Å². The number of carbonyl (C=O) groups excluding carboxylic acids is 3. The molecule has 3 N–H and O–H groups in total. The van der Waals surface area contributed by atoms with E-state index in [0.717, 1.165) is 0 Å². The fraction of sp³-hybridized carbons (Fsp3) is 0.800. The summed E-state index contributed by atoms with van der Waals surface area (Å²) in [7, 11) is -4.38. The van der Waals surface area contributed by atoms with Gasteiger partial charge in [0.05, 0.1) is 6.61 Å². The average molecular weight is 427 g/mol. The summed E-state index contributed by atoms with van der Waals surface area (Å²) in [4.78, 5) is 35.4. The Hall–Kier alpha value is -1.80. The molecule has 28 heavy (non-hydrogen) atoms. The van der Waals surface area contributed by atoms with E-state index in [-0.39, 0.29) is 19.3 Å². The van der Waals surface area contributed by atoms with Gasteiger partial charge in [-0.05, 0) is 0 Å². The monoisotopic (exact) mass is 427 g/mol. The van der Waals surface area contributed by atoms with Gasteiger partial charge in [-0.1, -0.05) is 20.8 Å². The highest BCUT2D eigenvalue weighted by Gasteiger charge is 2.52. The number of nitrogens with two attached hydrogens (primary N) is 1. The van der Waals surface area contributed by atoms with Gasteiger partial charge in [-0.25, -0.2) is 5.14 Å². The van der Waals surface area contributed by atoms with E-state index >= 15 is 0 Å². The lowest BCUT2D eigenvalue weighted by Gasteiger charge is -2.42. The van der Waals surface area contributed by atoms with Gasteiger partial charge in [-0.3, -0.25) is 18.6 Å².